The Kier molecular flexibility index (Phi) is 4.58. The Morgan fingerprint density at radius 2 is 2.14 bits per heavy atom. The van der Waals surface area contributed by atoms with E-state index in [2.05, 4.69) is 5.32 Å². The molecule has 1 fully saturated rings. The minimum Gasteiger partial charge on any atom is -0.453 e. The van der Waals surface area contributed by atoms with Crippen LogP contribution in [0, 0.1) is 0 Å². The molecule has 1 aliphatic heterocycles. The monoisotopic (exact) mass is 307 g/mol. The first-order chi connectivity index (χ1) is 10.2. The third kappa shape index (κ3) is 3.64. The lowest BCUT2D eigenvalue weighted by Crippen LogP contribution is -2.32. The van der Waals surface area contributed by atoms with E-state index in [9.17, 15) is 4.79 Å². The molecule has 3 rings (SSSR count). The van der Waals surface area contributed by atoms with E-state index in [4.69, 9.17) is 20.8 Å². The largest absolute Gasteiger partial charge is 0.453 e. The first kappa shape index (κ1) is 14.6. The van der Waals surface area contributed by atoms with Crippen molar-refractivity contribution in [2.45, 2.75) is 25.4 Å². The molecule has 0 unspecified atom stereocenters. The molecule has 0 saturated carbocycles. The Bertz CT molecular complexity index is 631. The molecular weight excluding hydrogens is 290 g/mol. The Morgan fingerprint density at radius 3 is 2.95 bits per heavy atom. The second-order valence-corrected chi connectivity index (χ2v) is 5.72. The average Bonchev–Trinajstić information content (AvgIpc) is 2.91. The van der Waals surface area contributed by atoms with Gasteiger partial charge in [-0.25, -0.2) is 0 Å². The number of hydrogen-bond donors (Lipinski definition) is 1. The highest BCUT2D eigenvalue weighted by molar-refractivity contribution is 6.31. The number of hydrogen-bond acceptors (Lipinski definition) is 4. The molecule has 0 bridgehead atoms. The van der Waals surface area contributed by atoms with Crippen LogP contribution in [0.15, 0.2) is 28.7 Å². The van der Waals surface area contributed by atoms with Crippen LogP contribution in [-0.4, -0.2) is 31.6 Å². The number of furan rings is 1. The third-order valence-corrected chi connectivity index (χ3v) is 3.96. The molecule has 0 aliphatic carbocycles. The number of ether oxygens (including phenoxy) is 1. The van der Waals surface area contributed by atoms with Crippen LogP contribution in [0.2, 0.25) is 5.02 Å². The molecule has 1 N–H and O–H groups in total. The van der Waals surface area contributed by atoms with Crippen molar-refractivity contribution in [2.24, 2.45) is 0 Å². The lowest BCUT2D eigenvalue weighted by atomic mass is 10.1. The summed E-state index contributed by atoms with van der Waals surface area (Å²) in [5, 5.41) is 4.77. The van der Waals surface area contributed by atoms with Crippen molar-refractivity contribution in [3.05, 3.63) is 35.0 Å². The van der Waals surface area contributed by atoms with Gasteiger partial charge in [0.2, 0.25) is 0 Å². The SMILES string of the molecule is O=C(CCOC1CCNCC1)c1cc2cc(Cl)ccc2o1. The van der Waals surface area contributed by atoms with E-state index in [1.807, 2.05) is 0 Å². The molecule has 1 aliphatic rings. The average molecular weight is 308 g/mol. The Labute approximate surface area is 128 Å². The smallest absolute Gasteiger partial charge is 0.200 e. The topological polar surface area (TPSA) is 51.5 Å². The van der Waals surface area contributed by atoms with Crippen LogP contribution in [0.25, 0.3) is 11.0 Å². The van der Waals surface area contributed by atoms with Gasteiger partial charge < -0.3 is 14.5 Å². The van der Waals surface area contributed by atoms with Gasteiger partial charge in [0.15, 0.2) is 11.5 Å². The number of ketones is 1. The maximum Gasteiger partial charge on any atom is 0.200 e. The van der Waals surface area contributed by atoms with Crippen molar-refractivity contribution >= 4 is 28.4 Å². The van der Waals surface area contributed by atoms with Gasteiger partial charge in [0.1, 0.15) is 5.58 Å². The Morgan fingerprint density at radius 1 is 1.33 bits per heavy atom. The standard InChI is InChI=1S/C16H18ClNO3/c17-12-1-2-15-11(9-12)10-16(21-15)14(19)5-8-20-13-3-6-18-7-4-13/h1-2,9-10,13,18H,3-8H2. The molecule has 0 radical (unpaired) electrons. The van der Waals surface area contributed by atoms with Gasteiger partial charge in [-0.1, -0.05) is 11.6 Å². The van der Waals surface area contributed by atoms with Gasteiger partial charge in [-0.15, -0.1) is 0 Å². The van der Waals surface area contributed by atoms with Gasteiger partial charge in [-0.2, -0.15) is 0 Å². The normalized spacial score (nSPS) is 16.4. The van der Waals surface area contributed by atoms with Crippen molar-refractivity contribution in [3.8, 4) is 0 Å². The Balaban J connectivity index is 1.56. The number of carbonyl (C=O) groups is 1. The second-order valence-electron chi connectivity index (χ2n) is 5.29. The van der Waals surface area contributed by atoms with Gasteiger partial charge in [0, 0.05) is 16.8 Å². The zero-order chi connectivity index (χ0) is 14.7. The first-order valence-corrected chi connectivity index (χ1v) is 7.65. The number of piperidine rings is 1. The molecule has 112 valence electrons. The van der Waals surface area contributed by atoms with Gasteiger partial charge in [-0.3, -0.25) is 4.79 Å². The second kappa shape index (κ2) is 6.60. The summed E-state index contributed by atoms with van der Waals surface area (Å²) in [6.07, 6.45) is 2.64. The number of Topliss-reactive ketones (excluding diaryl/α,β-unsaturated/α-hetero) is 1. The molecule has 5 heteroatoms. The van der Waals surface area contributed by atoms with Crippen molar-refractivity contribution in [2.75, 3.05) is 19.7 Å². The Hall–Kier alpha value is -1.36. The summed E-state index contributed by atoms with van der Waals surface area (Å²) in [5.74, 6) is 0.345. The highest BCUT2D eigenvalue weighted by Crippen LogP contribution is 2.23. The molecule has 1 aromatic carbocycles. The molecular formula is C16H18ClNO3. The number of nitrogens with one attached hydrogen (secondary N) is 1. The van der Waals surface area contributed by atoms with Crippen LogP contribution < -0.4 is 5.32 Å². The molecule has 2 heterocycles. The van der Waals surface area contributed by atoms with Gasteiger partial charge in [0.25, 0.3) is 0 Å². The zero-order valence-corrected chi connectivity index (χ0v) is 12.5. The van der Waals surface area contributed by atoms with Crippen LogP contribution in [0.4, 0.5) is 0 Å². The lowest BCUT2D eigenvalue weighted by molar-refractivity contribution is 0.0309. The molecule has 4 nitrogen and oxygen atoms in total. The molecule has 0 amide bonds. The van der Waals surface area contributed by atoms with Crippen LogP contribution >= 0.6 is 11.6 Å². The fourth-order valence-corrected chi connectivity index (χ4v) is 2.74. The minimum atomic E-state index is -0.0312. The molecule has 0 spiro atoms. The maximum atomic E-state index is 12.1. The first-order valence-electron chi connectivity index (χ1n) is 7.27. The maximum absolute atomic E-state index is 12.1. The van der Waals surface area contributed by atoms with E-state index in [0.717, 1.165) is 31.3 Å². The summed E-state index contributed by atoms with van der Waals surface area (Å²) in [6.45, 7) is 2.42. The van der Waals surface area contributed by atoms with E-state index in [-0.39, 0.29) is 11.9 Å². The highest BCUT2D eigenvalue weighted by atomic mass is 35.5. The molecule has 1 aromatic heterocycles. The summed E-state index contributed by atoms with van der Waals surface area (Å²) in [4.78, 5) is 12.1. The van der Waals surface area contributed by atoms with Crippen molar-refractivity contribution in [3.63, 3.8) is 0 Å². The molecule has 21 heavy (non-hydrogen) atoms. The number of rotatable bonds is 5. The van der Waals surface area contributed by atoms with Crippen LogP contribution in [0.3, 0.4) is 0 Å². The predicted molar refractivity (Wildman–Crippen MR) is 82.0 cm³/mol. The molecule has 1 saturated heterocycles. The third-order valence-electron chi connectivity index (χ3n) is 3.72. The minimum absolute atomic E-state index is 0.0312. The summed E-state index contributed by atoms with van der Waals surface area (Å²) < 4.78 is 11.3. The van der Waals surface area contributed by atoms with E-state index in [0.29, 0.717) is 29.4 Å². The van der Waals surface area contributed by atoms with Crippen molar-refractivity contribution in [1.29, 1.82) is 0 Å². The fraction of sp³-hybridized carbons (Fsp3) is 0.438. The summed E-state index contributed by atoms with van der Waals surface area (Å²) in [6, 6.07) is 7.07. The highest BCUT2D eigenvalue weighted by Gasteiger charge is 2.16. The zero-order valence-electron chi connectivity index (χ0n) is 11.7. The number of halogens is 1. The van der Waals surface area contributed by atoms with E-state index in [1.54, 1.807) is 24.3 Å². The van der Waals surface area contributed by atoms with E-state index >= 15 is 0 Å². The molecule has 2 aromatic rings. The fourth-order valence-electron chi connectivity index (χ4n) is 2.56. The predicted octanol–water partition coefficient (Wildman–Crippen LogP) is 3.43. The lowest BCUT2D eigenvalue weighted by Gasteiger charge is -2.22. The molecule has 0 atom stereocenters. The van der Waals surface area contributed by atoms with Gasteiger partial charge in [0.05, 0.1) is 12.7 Å². The summed E-state index contributed by atoms with van der Waals surface area (Å²) >= 11 is 5.93. The summed E-state index contributed by atoms with van der Waals surface area (Å²) in [7, 11) is 0. The van der Waals surface area contributed by atoms with Crippen LogP contribution in [0.1, 0.15) is 29.8 Å². The van der Waals surface area contributed by atoms with Crippen LogP contribution in [-0.2, 0) is 4.74 Å². The van der Waals surface area contributed by atoms with Crippen molar-refractivity contribution < 1.29 is 13.9 Å². The number of fused-ring (bicyclic) bond motifs is 1. The van der Waals surface area contributed by atoms with E-state index < -0.39 is 0 Å². The van der Waals surface area contributed by atoms with Crippen molar-refractivity contribution in [1.82, 2.24) is 5.32 Å². The number of carbonyl (C=O) groups excluding carboxylic acids is 1. The van der Waals surface area contributed by atoms with E-state index in [1.165, 1.54) is 0 Å². The van der Waals surface area contributed by atoms with Crippen LogP contribution in [0.5, 0.6) is 0 Å². The number of benzene rings is 1. The quantitative estimate of drug-likeness (QED) is 0.860. The van der Waals surface area contributed by atoms with Gasteiger partial charge in [-0.05, 0) is 50.2 Å². The summed E-state index contributed by atoms with van der Waals surface area (Å²) in [5.41, 5.74) is 0.682. The van der Waals surface area contributed by atoms with Gasteiger partial charge >= 0.3 is 0 Å².